The number of carbonyl (C=O) groups is 1. The number of rotatable bonds is 4. The molecule has 0 atom stereocenters. The van der Waals surface area contributed by atoms with Gasteiger partial charge in [-0.1, -0.05) is 0 Å². The second kappa shape index (κ2) is 8.69. The molecule has 0 unspecified atom stereocenters. The predicted octanol–water partition coefficient (Wildman–Crippen LogP) is 1.50. The molecule has 0 aromatic carbocycles. The molecule has 0 saturated carbocycles. The number of alkyl halides is 3. The molecule has 1 heterocycles. The third-order valence-corrected chi connectivity index (χ3v) is 3.08. The smallest absolute Gasteiger partial charge is 0.330 e. The summed E-state index contributed by atoms with van der Waals surface area (Å²) in [6.45, 7) is 5.21. The number of nitrogens with one attached hydrogen (secondary N) is 1. The molecule has 0 radical (unpaired) electrons. The Balaban J connectivity index is 0.00000361. The molecule has 120 valence electrons. The van der Waals surface area contributed by atoms with E-state index >= 15 is 0 Å². The summed E-state index contributed by atoms with van der Waals surface area (Å²) >= 11 is 0. The fourth-order valence-corrected chi connectivity index (χ4v) is 2.09. The van der Waals surface area contributed by atoms with Gasteiger partial charge in [-0.15, -0.1) is 12.4 Å². The predicted molar refractivity (Wildman–Crippen MR) is 74.1 cm³/mol. The first-order chi connectivity index (χ1) is 8.79. The monoisotopic (exact) mass is 317 g/mol. The summed E-state index contributed by atoms with van der Waals surface area (Å²) < 4.78 is 37.4. The minimum atomic E-state index is -4.35. The van der Waals surface area contributed by atoms with Gasteiger partial charge < -0.3 is 10.2 Å². The fourth-order valence-electron chi connectivity index (χ4n) is 2.09. The van der Waals surface area contributed by atoms with E-state index in [0.717, 1.165) is 31.0 Å². The molecule has 1 aliphatic rings. The molecule has 0 bridgehead atoms. The standard InChI is InChI=1S/C12H22F3N3O.ClH/c1-10(2)18(9-12(13,14)15)11(19)8-17-6-3-4-16-5-7-17;/h10,16H,3-9H2,1-2H3;1H. The zero-order valence-corrected chi connectivity index (χ0v) is 12.7. The maximum absolute atomic E-state index is 12.5. The van der Waals surface area contributed by atoms with Gasteiger partial charge in [-0.05, 0) is 33.4 Å². The van der Waals surface area contributed by atoms with E-state index < -0.39 is 24.7 Å². The van der Waals surface area contributed by atoms with Crippen molar-refractivity contribution in [1.82, 2.24) is 15.1 Å². The van der Waals surface area contributed by atoms with Crippen molar-refractivity contribution in [3.05, 3.63) is 0 Å². The van der Waals surface area contributed by atoms with E-state index in [4.69, 9.17) is 0 Å². The van der Waals surface area contributed by atoms with Gasteiger partial charge in [0.25, 0.3) is 0 Å². The lowest BCUT2D eigenvalue weighted by Crippen LogP contribution is -2.48. The molecule has 1 rings (SSSR count). The van der Waals surface area contributed by atoms with E-state index in [1.807, 2.05) is 4.90 Å². The second-order valence-electron chi connectivity index (χ2n) is 5.11. The van der Waals surface area contributed by atoms with E-state index in [9.17, 15) is 18.0 Å². The van der Waals surface area contributed by atoms with Crippen molar-refractivity contribution in [3.63, 3.8) is 0 Å². The van der Waals surface area contributed by atoms with E-state index in [1.165, 1.54) is 0 Å². The number of carbonyl (C=O) groups excluding carboxylic acids is 1. The van der Waals surface area contributed by atoms with Crippen molar-refractivity contribution in [2.45, 2.75) is 32.5 Å². The van der Waals surface area contributed by atoms with Gasteiger partial charge >= 0.3 is 6.18 Å². The molecule has 1 saturated heterocycles. The average molecular weight is 318 g/mol. The Morgan fingerprint density at radius 2 is 1.95 bits per heavy atom. The first kappa shape index (κ1) is 19.5. The van der Waals surface area contributed by atoms with Gasteiger partial charge in [0.15, 0.2) is 0 Å². The van der Waals surface area contributed by atoms with E-state index in [1.54, 1.807) is 13.8 Å². The van der Waals surface area contributed by atoms with Crippen molar-refractivity contribution >= 4 is 18.3 Å². The summed E-state index contributed by atoms with van der Waals surface area (Å²) in [4.78, 5) is 14.8. The van der Waals surface area contributed by atoms with Crippen LogP contribution in [0.25, 0.3) is 0 Å². The maximum atomic E-state index is 12.5. The Morgan fingerprint density at radius 1 is 1.30 bits per heavy atom. The Morgan fingerprint density at radius 3 is 2.50 bits per heavy atom. The van der Waals surface area contributed by atoms with Gasteiger partial charge in [-0.3, -0.25) is 9.69 Å². The molecule has 1 aliphatic heterocycles. The van der Waals surface area contributed by atoms with Crippen LogP contribution in [0.2, 0.25) is 0 Å². The second-order valence-corrected chi connectivity index (χ2v) is 5.11. The van der Waals surface area contributed by atoms with Crippen molar-refractivity contribution in [3.8, 4) is 0 Å². The summed E-state index contributed by atoms with van der Waals surface area (Å²) in [5.41, 5.74) is 0. The molecular formula is C12H23ClF3N3O. The van der Waals surface area contributed by atoms with Gasteiger partial charge in [0.05, 0.1) is 6.54 Å². The SMILES string of the molecule is CC(C)N(CC(F)(F)F)C(=O)CN1CCCNCC1.Cl. The van der Waals surface area contributed by atoms with Crippen molar-refractivity contribution in [1.29, 1.82) is 0 Å². The average Bonchev–Trinajstić information content (AvgIpc) is 2.52. The van der Waals surface area contributed by atoms with Crippen LogP contribution in [0.4, 0.5) is 13.2 Å². The van der Waals surface area contributed by atoms with Crippen LogP contribution in [0.1, 0.15) is 20.3 Å². The summed E-state index contributed by atoms with van der Waals surface area (Å²) in [6, 6.07) is -0.445. The zero-order chi connectivity index (χ0) is 14.5. The van der Waals surface area contributed by atoms with Crippen LogP contribution < -0.4 is 5.32 Å². The summed E-state index contributed by atoms with van der Waals surface area (Å²) in [7, 11) is 0. The first-order valence-corrected chi connectivity index (χ1v) is 6.59. The molecule has 0 spiro atoms. The number of hydrogen-bond acceptors (Lipinski definition) is 3. The van der Waals surface area contributed by atoms with Gasteiger partial charge in [-0.25, -0.2) is 0 Å². The van der Waals surface area contributed by atoms with Crippen molar-refractivity contribution in [2.24, 2.45) is 0 Å². The van der Waals surface area contributed by atoms with Crippen LogP contribution in [0, 0.1) is 0 Å². The van der Waals surface area contributed by atoms with Crippen LogP contribution in [0.5, 0.6) is 0 Å². The number of amides is 1. The van der Waals surface area contributed by atoms with Gasteiger partial charge in [0.1, 0.15) is 6.54 Å². The normalized spacial score (nSPS) is 17.5. The van der Waals surface area contributed by atoms with Gasteiger partial charge in [0, 0.05) is 19.1 Å². The lowest BCUT2D eigenvalue weighted by molar-refractivity contribution is -0.165. The summed E-state index contributed by atoms with van der Waals surface area (Å²) in [5, 5.41) is 3.19. The lowest BCUT2D eigenvalue weighted by Gasteiger charge is -2.30. The summed E-state index contributed by atoms with van der Waals surface area (Å²) in [6.07, 6.45) is -3.44. The Hall–Kier alpha value is -0.530. The number of nitrogens with zero attached hydrogens (tertiary/aromatic N) is 2. The van der Waals surface area contributed by atoms with Gasteiger partial charge in [0.2, 0.25) is 5.91 Å². The molecule has 0 aliphatic carbocycles. The van der Waals surface area contributed by atoms with Crippen LogP contribution in [-0.4, -0.2) is 67.2 Å². The molecule has 1 amide bonds. The lowest BCUT2D eigenvalue weighted by atomic mass is 10.3. The fraction of sp³-hybridized carbons (Fsp3) is 0.917. The van der Waals surface area contributed by atoms with Crippen molar-refractivity contribution in [2.75, 3.05) is 39.3 Å². The first-order valence-electron chi connectivity index (χ1n) is 6.59. The van der Waals surface area contributed by atoms with Gasteiger partial charge in [-0.2, -0.15) is 13.2 Å². The molecular weight excluding hydrogens is 295 g/mol. The highest BCUT2D eigenvalue weighted by Crippen LogP contribution is 2.18. The quantitative estimate of drug-likeness (QED) is 0.853. The molecule has 8 heteroatoms. The molecule has 0 aromatic rings. The molecule has 1 fully saturated rings. The number of hydrogen-bond donors (Lipinski definition) is 1. The van der Waals surface area contributed by atoms with E-state index in [0.29, 0.717) is 6.54 Å². The third kappa shape index (κ3) is 7.31. The topological polar surface area (TPSA) is 35.6 Å². The molecule has 1 N–H and O–H groups in total. The van der Waals surface area contributed by atoms with Crippen LogP contribution in [-0.2, 0) is 4.79 Å². The minimum Gasteiger partial charge on any atom is -0.330 e. The highest BCUT2D eigenvalue weighted by atomic mass is 35.5. The highest BCUT2D eigenvalue weighted by molar-refractivity contribution is 5.85. The van der Waals surface area contributed by atoms with E-state index in [-0.39, 0.29) is 19.0 Å². The largest absolute Gasteiger partial charge is 0.406 e. The maximum Gasteiger partial charge on any atom is 0.406 e. The molecule has 4 nitrogen and oxygen atoms in total. The van der Waals surface area contributed by atoms with Crippen molar-refractivity contribution < 1.29 is 18.0 Å². The highest BCUT2D eigenvalue weighted by Gasteiger charge is 2.34. The molecule has 20 heavy (non-hydrogen) atoms. The Kier molecular flexibility index (Phi) is 8.46. The summed E-state index contributed by atoms with van der Waals surface area (Å²) in [5.74, 6) is -0.450. The minimum absolute atomic E-state index is 0. The zero-order valence-electron chi connectivity index (χ0n) is 11.9. The number of halogens is 4. The van der Waals surface area contributed by atoms with Crippen LogP contribution in [0.15, 0.2) is 0 Å². The van der Waals surface area contributed by atoms with E-state index in [2.05, 4.69) is 5.32 Å². The van der Waals surface area contributed by atoms with Crippen LogP contribution in [0.3, 0.4) is 0 Å². The Bertz CT molecular complexity index is 292. The Labute approximate surface area is 124 Å². The third-order valence-electron chi connectivity index (χ3n) is 3.08. The molecule has 0 aromatic heterocycles. The van der Waals surface area contributed by atoms with Crippen LogP contribution >= 0.6 is 12.4 Å².